The van der Waals surface area contributed by atoms with E-state index in [-0.39, 0.29) is 5.91 Å². The second kappa shape index (κ2) is 7.41. The second-order valence-corrected chi connectivity index (χ2v) is 5.50. The second-order valence-electron chi connectivity index (χ2n) is 5.50. The van der Waals surface area contributed by atoms with Crippen molar-refractivity contribution in [3.05, 3.63) is 35.9 Å². The van der Waals surface area contributed by atoms with Crippen molar-refractivity contribution in [1.29, 1.82) is 0 Å². The fraction of sp³-hybridized carbons (Fsp3) is 0.562. The molecular weight excluding hydrogens is 252 g/mol. The van der Waals surface area contributed by atoms with E-state index in [9.17, 15) is 4.79 Å². The Morgan fingerprint density at radius 2 is 2.20 bits per heavy atom. The molecule has 2 rings (SSSR count). The molecule has 20 heavy (non-hydrogen) atoms. The van der Waals surface area contributed by atoms with Crippen molar-refractivity contribution in [2.75, 3.05) is 26.7 Å². The van der Waals surface area contributed by atoms with Crippen molar-refractivity contribution < 1.29 is 9.53 Å². The molecule has 2 N–H and O–H groups in total. The van der Waals surface area contributed by atoms with Crippen molar-refractivity contribution in [2.45, 2.75) is 19.4 Å². The molecule has 3 unspecified atom stereocenters. The Hall–Kier alpha value is -1.39. The van der Waals surface area contributed by atoms with E-state index in [1.807, 2.05) is 30.3 Å². The Balaban J connectivity index is 1.89. The molecule has 4 heteroatoms. The van der Waals surface area contributed by atoms with Crippen molar-refractivity contribution in [3.8, 4) is 0 Å². The van der Waals surface area contributed by atoms with Gasteiger partial charge in [0.25, 0.3) is 5.91 Å². The average molecular weight is 276 g/mol. The molecule has 1 aromatic rings. The first kappa shape index (κ1) is 15.0. The molecule has 1 heterocycles. The lowest BCUT2D eigenvalue weighted by molar-refractivity contribution is -0.131. The summed E-state index contributed by atoms with van der Waals surface area (Å²) in [6, 6.07) is 9.60. The van der Waals surface area contributed by atoms with Gasteiger partial charge in [0.15, 0.2) is 6.10 Å². The molecule has 110 valence electrons. The molecule has 1 fully saturated rings. The van der Waals surface area contributed by atoms with Crippen LogP contribution in [0.15, 0.2) is 30.3 Å². The fourth-order valence-electron chi connectivity index (χ4n) is 2.67. The smallest absolute Gasteiger partial charge is 0.253 e. The van der Waals surface area contributed by atoms with E-state index in [1.165, 1.54) is 6.42 Å². The number of carbonyl (C=O) groups is 1. The maximum atomic E-state index is 12.3. The summed E-state index contributed by atoms with van der Waals surface area (Å²) < 4.78 is 5.34. The molecule has 0 bridgehead atoms. The zero-order chi connectivity index (χ0) is 14.4. The molecule has 0 spiro atoms. The van der Waals surface area contributed by atoms with Gasteiger partial charge >= 0.3 is 0 Å². The van der Waals surface area contributed by atoms with Gasteiger partial charge in [-0.3, -0.25) is 4.79 Å². The van der Waals surface area contributed by atoms with Crippen LogP contribution >= 0.6 is 0 Å². The van der Waals surface area contributed by atoms with Crippen LogP contribution in [0.1, 0.15) is 25.0 Å². The summed E-state index contributed by atoms with van der Waals surface area (Å²) in [5.41, 5.74) is 0.891. The standard InChI is InChI=1S/C16H24N2O2/c1-12-8-9-17-10-14(12)11-18-16(19)15(20-2)13-6-4-3-5-7-13/h3-7,12,14-15,17H,8-11H2,1-2H3,(H,18,19). The number of hydrogen-bond donors (Lipinski definition) is 2. The van der Waals surface area contributed by atoms with Gasteiger partial charge in [-0.2, -0.15) is 0 Å². The molecule has 1 aliphatic rings. The molecular formula is C16H24N2O2. The molecule has 0 radical (unpaired) electrons. The SMILES string of the molecule is COC(C(=O)NCC1CNCCC1C)c1ccccc1. The topological polar surface area (TPSA) is 50.4 Å². The van der Waals surface area contributed by atoms with Crippen LogP contribution < -0.4 is 10.6 Å². The van der Waals surface area contributed by atoms with Gasteiger partial charge in [-0.15, -0.1) is 0 Å². The van der Waals surface area contributed by atoms with Crippen LogP contribution in [-0.2, 0) is 9.53 Å². The highest BCUT2D eigenvalue weighted by atomic mass is 16.5. The van der Waals surface area contributed by atoms with E-state index in [0.29, 0.717) is 18.4 Å². The summed E-state index contributed by atoms with van der Waals surface area (Å²) in [5.74, 6) is 1.09. The van der Waals surface area contributed by atoms with Gasteiger partial charge in [-0.1, -0.05) is 37.3 Å². The van der Waals surface area contributed by atoms with Crippen molar-refractivity contribution in [2.24, 2.45) is 11.8 Å². The van der Waals surface area contributed by atoms with Crippen LogP contribution in [-0.4, -0.2) is 32.7 Å². The quantitative estimate of drug-likeness (QED) is 0.861. The van der Waals surface area contributed by atoms with E-state index < -0.39 is 6.10 Å². The molecule has 0 saturated carbocycles. The lowest BCUT2D eigenvalue weighted by Gasteiger charge is -2.30. The Kier molecular flexibility index (Phi) is 5.56. The summed E-state index contributed by atoms with van der Waals surface area (Å²) in [4.78, 5) is 12.3. The maximum Gasteiger partial charge on any atom is 0.253 e. The highest BCUT2D eigenvalue weighted by molar-refractivity contribution is 5.82. The minimum absolute atomic E-state index is 0.0588. The average Bonchev–Trinajstić information content (AvgIpc) is 2.48. The molecule has 4 nitrogen and oxygen atoms in total. The Morgan fingerprint density at radius 3 is 2.85 bits per heavy atom. The normalized spacial score (nSPS) is 24.1. The third-order valence-electron chi connectivity index (χ3n) is 4.10. The number of amides is 1. The van der Waals surface area contributed by atoms with Gasteiger partial charge in [-0.25, -0.2) is 0 Å². The van der Waals surface area contributed by atoms with Crippen LogP contribution in [0, 0.1) is 11.8 Å². The van der Waals surface area contributed by atoms with Gasteiger partial charge in [0.1, 0.15) is 0 Å². The summed E-state index contributed by atoms with van der Waals surface area (Å²) >= 11 is 0. The largest absolute Gasteiger partial charge is 0.367 e. The van der Waals surface area contributed by atoms with E-state index in [2.05, 4.69) is 17.6 Å². The van der Waals surface area contributed by atoms with E-state index >= 15 is 0 Å². The van der Waals surface area contributed by atoms with Crippen LogP contribution in [0.2, 0.25) is 0 Å². The number of benzene rings is 1. The zero-order valence-electron chi connectivity index (χ0n) is 12.3. The van der Waals surface area contributed by atoms with Crippen molar-refractivity contribution in [1.82, 2.24) is 10.6 Å². The molecule has 0 aromatic heterocycles. The number of ether oxygens (including phenoxy) is 1. The molecule has 1 amide bonds. The molecule has 1 aromatic carbocycles. The number of carbonyl (C=O) groups excluding carboxylic acids is 1. The van der Waals surface area contributed by atoms with Gasteiger partial charge in [0, 0.05) is 13.7 Å². The monoisotopic (exact) mass is 276 g/mol. The number of piperidine rings is 1. The van der Waals surface area contributed by atoms with Gasteiger partial charge in [0.05, 0.1) is 0 Å². The lowest BCUT2D eigenvalue weighted by atomic mass is 9.88. The number of hydrogen-bond acceptors (Lipinski definition) is 3. The first-order chi connectivity index (χ1) is 9.72. The number of nitrogens with one attached hydrogen (secondary N) is 2. The Morgan fingerprint density at radius 1 is 1.45 bits per heavy atom. The lowest BCUT2D eigenvalue weighted by Crippen LogP contribution is -2.43. The summed E-state index contributed by atoms with van der Waals surface area (Å²) in [7, 11) is 1.57. The zero-order valence-corrected chi connectivity index (χ0v) is 12.3. The molecule has 1 saturated heterocycles. The predicted molar refractivity (Wildman–Crippen MR) is 79.3 cm³/mol. The highest BCUT2D eigenvalue weighted by Crippen LogP contribution is 2.19. The molecule has 0 aliphatic carbocycles. The minimum atomic E-state index is -0.525. The molecule has 3 atom stereocenters. The van der Waals surface area contributed by atoms with Crippen LogP contribution in [0.25, 0.3) is 0 Å². The van der Waals surface area contributed by atoms with Gasteiger partial charge in [-0.05, 0) is 36.9 Å². The summed E-state index contributed by atoms with van der Waals surface area (Å²) in [5, 5.41) is 6.41. The number of rotatable bonds is 5. The maximum absolute atomic E-state index is 12.3. The summed E-state index contributed by atoms with van der Waals surface area (Å²) in [6.45, 7) is 5.02. The van der Waals surface area contributed by atoms with Crippen LogP contribution in [0.5, 0.6) is 0 Å². The van der Waals surface area contributed by atoms with Gasteiger partial charge in [0.2, 0.25) is 0 Å². The van der Waals surface area contributed by atoms with E-state index in [1.54, 1.807) is 7.11 Å². The van der Waals surface area contributed by atoms with Crippen LogP contribution in [0.4, 0.5) is 0 Å². The minimum Gasteiger partial charge on any atom is -0.367 e. The van der Waals surface area contributed by atoms with Crippen molar-refractivity contribution in [3.63, 3.8) is 0 Å². The Labute approximate surface area is 120 Å². The first-order valence-corrected chi connectivity index (χ1v) is 7.28. The first-order valence-electron chi connectivity index (χ1n) is 7.28. The third-order valence-corrected chi connectivity index (χ3v) is 4.10. The fourth-order valence-corrected chi connectivity index (χ4v) is 2.67. The summed E-state index contributed by atoms with van der Waals surface area (Å²) in [6.07, 6.45) is 0.649. The van der Waals surface area contributed by atoms with E-state index in [0.717, 1.165) is 18.7 Å². The van der Waals surface area contributed by atoms with E-state index in [4.69, 9.17) is 4.74 Å². The number of methoxy groups -OCH3 is 1. The highest BCUT2D eigenvalue weighted by Gasteiger charge is 2.24. The van der Waals surface area contributed by atoms with Crippen molar-refractivity contribution >= 4 is 5.91 Å². The third kappa shape index (κ3) is 3.81. The predicted octanol–water partition coefficient (Wildman–Crippen LogP) is 1.74. The van der Waals surface area contributed by atoms with Crippen LogP contribution in [0.3, 0.4) is 0 Å². The molecule has 1 aliphatic heterocycles. The van der Waals surface area contributed by atoms with Gasteiger partial charge < -0.3 is 15.4 Å². The Bertz CT molecular complexity index is 422.